The monoisotopic (exact) mass is 830 g/mol. The van der Waals surface area contributed by atoms with Crippen molar-refractivity contribution in [1.82, 2.24) is 0 Å². The van der Waals surface area contributed by atoms with Gasteiger partial charge in [-0.2, -0.15) is 12.1 Å². The maximum absolute atomic E-state index is 2.64. The van der Waals surface area contributed by atoms with Gasteiger partial charge in [-0.25, -0.2) is 0 Å². The average molecular weight is 830 g/mol. The molecule has 0 N–H and O–H groups in total. The van der Waals surface area contributed by atoms with E-state index >= 15 is 0 Å². The van der Waals surface area contributed by atoms with E-state index in [0.29, 0.717) is 0 Å². The molecule has 0 bridgehead atoms. The van der Waals surface area contributed by atoms with Crippen LogP contribution in [0.3, 0.4) is 0 Å². The Hall–Kier alpha value is -2.81. The standard InChI is InChI=1S/C45H52Si.2CH3.Hf/c1-9-10-11-12-25-46(8,38-28-34-19-15-23-40(42(34)30-38)32-17-13-21-36(26-32)44(2,3)4)39-29-35-20-16-24-41(43(35)31-39)33-18-14-22-37(27-33)45(5,6)7;;;/h13-24,26-31H,9-12,25H2,1-8H3;2*1H3;/q-2;2*-1;+4. The van der Waals surface area contributed by atoms with Gasteiger partial charge in [0.1, 0.15) is 0 Å². The fourth-order valence-corrected chi connectivity index (χ4v) is 11.0. The van der Waals surface area contributed by atoms with Gasteiger partial charge in [0, 0.05) is 0 Å². The number of rotatable bonds is 9. The second-order valence-electron chi connectivity index (χ2n) is 15.9. The summed E-state index contributed by atoms with van der Waals surface area (Å²) in [7, 11) is -2.05. The third-order valence-corrected chi connectivity index (χ3v) is 14.9. The Labute approximate surface area is 318 Å². The van der Waals surface area contributed by atoms with Crippen molar-refractivity contribution in [1.29, 1.82) is 0 Å². The molecule has 49 heavy (non-hydrogen) atoms. The third-order valence-electron chi connectivity index (χ3n) is 10.4. The summed E-state index contributed by atoms with van der Waals surface area (Å²) in [5.74, 6) is 0. The van der Waals surface area contributed by atoms with Gasteiger partial charge >= 0.3 is 25.8 Å². The van der Waals surface area contributed by atoms with Crippen LogP contribution in [0.5, 0.6) is 0 Å². The Kier molecular flexibility index (Phi) is 13.3. The predicted molar refractivity (Wildman–Crippen MR) is 220 cm³/mol. The minimum atomic E-state index is -2.05. The van der Waals surface area contributed by atoms with E-state index in [1.807, 2.05) is 0 Å². The van der Waals surface area contributed by atoms with Gasteiger partial charge < -0.3 is 14.9 Å². The zero-order valence-electron chi connectivity index (χ0n) is 31.9. The molecule has 0 aliphatic rings. The van der Waals surface area contributed by atoms with Crippen molar-refractivity contribution in [3.8, 4) is 22.3 Å². The van der Waals surface area contributed by atoms with E-state index in [1.54, 1.807) is 10.4 Å². The molecule has 0 nitrogen and oxygen atoms in total. The number of fused-ring (bicyclic) bond motifs is 2. The Bertz CT molecular complexity index is 1830. The fraction of sp³-hybridized carbons (Fsp3) is 0.319. The molecular weight excluding hydrogens is 771 g/mol. The molecule has 254 valence electrons. The molecule has 0 heterocycles. The SMILES string of the molecule is CCCCCC[Si](C)(c1cc2c(-c3cccc(C(C)(C)C)c3)cccc2[cH-]1)c1cc2c(-c3cccc(C(C)(C)C)c3)cccc2[cH-]1.[CH3-].[CH3-].[Hf+4]. The second kappa shape index (κ2) is 16.0. The normalized spacial score (nSPS) is 12.0. The first-order valence-electron chi connectivity index (χ1n) is 17.5. The zero-order valence-corrected chi connectivity index (χ0v) is 36.5. The maximum Gasteiger partial charge on any atom is 4.00 e. The van der Waals surface area contributed by atoms with Crippen molar-refractivity contribution in [2.75, 3.05) is 0 Å². The van der Waals surface area contributed by atoms with Crippen molar-refractivity contribution in [3.05, 3.63) is 135 Å². The smallest absolute Gasteiger partial charge is 0.358 e. The van der Waals surface area contributed by atoms with Crippen molar-refractivity contribution < 1.29 is 25.8 Å². The van der Waals surface area contributed by atoms with Crippen LogP contribution in [0.4, 0.5) is 0 Å². The van der Waals surface area contributed by atoms with E-state index in [2.05, 4.69) is 164 Å². The summed E-state index contributed by atoms with van der Waals surface area (Å²) in [4.78, 5) is 0. The largest absolute Gasteiger partial charge is 4.00 e. The van der Waals surface area contributed by atoms with Crippen LogP contribution >= 0.6 is 0 Å². The molecule has 6 aromatic carbocycles. The van der Waals surface area contributed by atoms with Gasteiger partial charge in [-0.1, -0.05) is 159 Å². The van der Waals surface area contributed by atoms with E-state index in [1.165, 1.54) is 86.7 Å². The van der Waals surface area contributed by atoms with Crippen molar-refractivity contribution >= 4 is 40.0 Å². The number of benzene rings is 4. The molecule has 0 saturated heterocycles. The number of hydrogen-bond acceptors (Lipinski definition) is 0. The van der Waals surface area contributed by atoms with E-state index in [4.69, 9.17) is 0 Å². The van der Waals surface area contributed by atoms with E-state index in [0.717, 1.165) is 0 Å². The summed E-state index contributed by atoms with van der Waals surface area (Å²) in [6.07, 6.45) is 5.20. The van der Waals surface area contributed by atoms with Gasteiger partial charge in [-0.05, 0) is 33.1 Å². The molecule has 0 aliphatic carbocycles. The molecule has 0 fully saturated rings. The summed E-state index contributed by atoms with van der Waals surface area (Å²) in [5.41, 5.74) is 8.37. The molecule has 0 saturated carbocycles. The van der Waals surface area contributed by atoms with Crippen LogP contribution in [0, 0.1) is 14.9 Å². The molecule has 0 unspecified atom stereocenters. The van der Waals surface area contributed by atoms with E-state index < -0.39 is 8.07 Å². The first-order valence-corrected chi connectivity index (χ1v) is 20.2. The van der Waals surface area contributed by atoms with Gasteiger partial charge in [-0.3, -0.25) is 0 Å². The summed E-state index contributed by atoms with van der Waals surface area (Å²) in [5, 5.41) is 8.68. The maximum atomic E-state index is 2.64. The summed E-state index contributed by atoms with van der Waals surface area (Å²) in [6, 6.07) is 43.7. The minimum absolute atomic E-state index is 0. The zero-order chi connectivity index (χ0) is 32.7. The molecular formula is C47H58HfSi. The Balaban J connectivity index is 0.00000217. The average Bonchev–Trinajstić information content (AvgIpc) is 3.68. The Morgan fingerprint density at radius 1 is 0.551 bits per heavy atom. The van der Waals surface area contributed by atoms with Crippen LogP contribution in [0.15, 0.2) is 109 Å². The topological polar surface area (TPSA) is 0 Å². The summed E-state index contributed by atoms with van der Waals surface area (Å²) >= 11 is 0. The van der Waals surface area contributed by atoms with Crippen LogP contribution in [0.25, 0.3) is 43.8 Å². The minimum Gasteiger partial charge on any atom is -0.358 e. The van der Waals surface area contributed by atoms with Crippen molar-refractivity contribution in [2.45, 2.75) is 97.6 Å². The summed E-state index contributed by atoms with van der Waals surface area (Å²) in [6.45, 7) is 18.8. The van der Waals surface area contributed by atoms with Crippen LogP contribution < -0.4 is 10.4 Å². The number of unbranched alkanes of at least 4 members (excludes halogenated alkanes) is 3. The molecule has 0 radical (unpaired) electrons. The Morgan fingerprint density at radius 3 is 1.39 bits per heavy atom. The Morgan fingerprint density at radius 2 is 0.980 bits per heavy atom. The summed E-state index contributed by atoms with van der Waals surface area (Å²) < 4.78 is 0. The van der Waals surface area contributed by atoms with Gasteiger partial charge in [0.2, 0.25) is 0 Å². The van der Waals surface area contributed by atoms with Gasteiger partial charge in [0.15, 0.2) is 0 Å². The van der Waals surface area contributed by atoms with Gasteiger partial charge in [0.05, 0.1) is 8.07 Å². The van der Waals surface area contributed by atoms with Gasteiger partial charge in [-0.15, -0.1) is 68.3 Å². The molecule has 0 amide bonds. The fourth-order valence-electron chi connectivity index (χ4n) is 7.28. The first-order chi connectivity index (χ1) is 21.9. The van der Waals surface area contributed by atoms with Gasteiger partial charge in [0.25, 0.3) is 0 Å². The predicted octanol–water partition coefficient (Wildman–Crippen LogP) is 13.0. The van der Waals surface area contributed by atoms with Crippen LogP contribution in [-0.4, -0.2) is 8.07 Å². The van der Waals surface area contributed by atoms with E-state index in [-0.39, 0.29) is 51.5 Å². The van der Waals surface area contributed by atoms with Crippen LogP contribution in [-0.2, 0) is 36.7 Å². The second-order valence-corrected chi connectivity index (χ2v) is 20.2. The van der Waals surface area contributed by atoms with Crippen molar-refractivity contribution in [3.63, 3.8) is 0 Å². The molecule has 6 rings (SSSR count). The molecule has 0 spiro atoms. The first kappa shape index (κ1) is 40.6. The third kappa shape index (κ3) is 8.40. The van der Waals surface area contributed by atoms with E-state index in [9.17, 15) is 0 Å². The molecule has 6 aromatic rings. The van der Waals surface area contributed by atoms with Crippen LogP contribution in [0.1, 0.15) is 85.3 Å². The quantitative estimate of drug-likeness (QED) is 0.0774. The number of hydrogen-bond donors (Lipinski definition) is 0. The van der Waals surface area contributed by atoms with Crippen molar-refractivity contribution in [2.24, 2.45) is 0 Å². The van der Waals surface area contributed by atoms with Crippen LogP contribution in [0.2, 0.25) is 12.6 Å². The molecule has 0 aliphatic heterocycles. The molecule has 0 atom stereocenters. The molecule has 2 heteroatoms. The molecule has 0 aromatic heterocycles.